The van der Waals surface area contributed by atoms with E-state index in [1.54, 1.807) is 19.1 Å². The Kier molecular flexibility index (Phi) is 4.77. The molecule has 0 bridgehead atoms. The van der Waals surface area contributed by atoms with E-state index in [-0.39, 0.29) is 53.5 Å². The van der Waals surface area contributed by atoms with Gasteiger partial charge in [0.15, 0.2) is 17.5 Å². The molecule has 4 aliphatic carbocycles. The van der Waals surface area contributed by atoms with E-state index >= 15 is 0 Å². The Labute approximate surface area is 222 Å². The fourth-order valence-corrected chi connectivity index (χ4v) is 10.2. The summed E-state index contributed by atoms with van der Waals surface area (Å²) in [5, 5.41) is 0. The van der Waals surface area contributed by atoms with Gasteiger partial charge in [0.25, 0.3) is 0 Å². The van der Waals surface area contributed by atoms with Gasteiger partial charge in [-0.1, -0.05) is 5.57 Å². The quantitative estimate of drug-likeness (QED) is 0.306. The van der Waals surface area contributed by atoms with Crippen molar-refractivity contribution in [3.8, 4) is 0 Å². The van der Waals surface area contributed by atoms with Gasteiger partial charge in [-0.15, -0.1) is 0 Å². The molecule has 8 nitrogen and oxygen atoms in total. The first-order valence-electron chi connectivity index (χ1n) is 14.1. The summed E-state index contributed by atoms with van der Waals surface area (Å²) in [5.41, 5.74) is -1.54. The first kappa shape index (κ1) is 24.6. The van der Waals surface area contributed by atoms with Crippen LogP contribution in [0.25, 0.3) is 0 Å². The Bertz CT molecular complexity index is 1250. The first-order chi connectivity index (χ1) is 17.9. The molecular weight excluding hydrogens is 488 g/mol. The van der Waals surface area contributed by atoms with Crippen LogP contribution in [0.2, 0.25) is 0 Å². The first-order valence-corrected chi connectivity index (χ1v) is 14.1. The Balaban J connectivity index is 1.23. The predicted molar refractivity (Wildman–Crippen MR) is 132 cm³/mol. The smallest absolute Gasteiger partial charge is 0.334 e. The lowest BCUT2D eigenvalue weighted by Gasteiger charge is -2.56. The van der Waals surface area contributed by atoms with Crippen molar-refractivity contribution in [3.05, 3.63) is 23.3 Å². The van der Waals surface area contributed by atoms with Crippen molar-refractivity contribution in [1.82, 2.24) is 0 Å². The SMILES string of the molecule is CC(=O)OC1C=CC(=O)[C@]2(C)C3CC[C@]45C(=O)O[C@@](C)(C6CC(C)=C(C)C(=O)O6)C4CCC5C3C[C@H]3O[C@]132. The molecule has 0 aromatic heterocycles. The van der Waals surface area contributed by atoms with E-state index in [0.29, 0.717) is 24.8 Å². The lowest BCUT2D eigenvalue weighted by Crippen LogP contribution is -2.64. The fraction of sp³-hybridized carbons (Fsp3) is 0.733. The molecule has 38 heavy (non-hydrogen) atoms. The lowest BCUT2D eigenvalue weighted by molar-refractivity contribution is -0.179. The average molecular weight is 525 g/mol. The molecule has 2 spiro atoms. The van der Waals surface area contributed by atoms with Crippen molar-refractivity contribution in [1.29, 1.82) is 0 Å². The van der Waals surface area contributed by atoms with Crippen LogP contribution in [0.3, 0.4) is 0 Å². The summed E-state index contributed by atoms with van der Waals surface area (Å²) in [6.45, 7) is 9.07. The summed E-state index contributed by atoms with van der Waals surface area (Å²) >= 11 is 0. The minimum atomic E-state index is -0.876. The van der Waals surface area contributed by atoms with Crippen LogP contribution in [0.4, 0.5) is 0 Å². The van der Waals surface area contributed by atoms with E-state index in [9.17, 15) is 19.2 Å². The van der Waals surface area contributed by atoms with Crippen LogP contribution in [0, 0.1) is 34.5 Å². The number of hydrogen-bond acceptors (Lipinski definition) is 8. The number of hydrogen-bond donors (Lipinski definition) is 0. The monoisotopic (exact) mass is 524 g/mol. The van der Waals surface area contributed by atoms with Crippen LogP contribution in [-0.4, -0.2) is 53.2 Å². The van der Waals surface area contributed by atoms with Crippen molar-refractivity contribution >= 4 is 23.7 Å². The number of carbonyl (C=O) groups is 4. The van der Waals surface area contributed by atoms with Gasteiger partial charge in [-0.2, -0.15) is 0 Å². The number of carbonyl (C=O) groups excluding carboxylic acids is 4. The van der Waals surface area contributed by atoms with Crippen LogP contribution in [0.15, 0.2) is 23.3 Å². The molecule has 3 saturated carbocycles. The molecule has 11 atom stereocenters. The van der Waals surface area contributed by atoms with E-state index in [4.69, 9.17) is 18.9 Å². The molecule has 0 N–H and O–H groups in total. The van der Waals surface area contributed by atoms with Gasteiger partial charge >= 0.3 is 17.9 Å². The van der Waals surface area contributed by atoms with Gasteiger partial charge in [0.1, 0.15) is 11.7 Å². The van der Waals surface area contributed by atoms with Crippen LogP contribution in [0.1, 0.15) is 73.1 Å². The maximum Gasteiger partial charge on any atom is 0.334 e. The van der Waals surface area contributed by atoms with Crippen LogP contribution in [0.5, 0.6) is 0 Å². The Hall–Kier alpha value is -2.48. The summed E-state index contributed by atoms with van der Waals surface area (Å²) in [7, 11) is 0. The number of esters is 3. The van der Waals surface area contributed by atoms with E-state index in [1.165, 1.54) is 6.92 Å². The van der Waals surface area contributed by atoms with Gasteiger partial charge in [0.05, 0.1) is 16.9 Å². The summed E-state index contributed by atoms with van der Waals surface area (Å²) < 4.78 is 24.2. The molecule has 0 amide bonds. The molecule has 2 saturated heterocycles. The number of allylic oxidation sites excluding steroid dienone is 1. The molecule has 7 aliphatic rings. The highest BCUT2D eigenvalue weighted by atomic mass is 16.7. The van der Waals surface area contributed by atoms with Crippen molar-refractivity contribution < 1.29 is 38.1 Å². The standard InChI is InChI=1S/C30H36O8/c1-14-12-23(36-25(33)15(14)2)28(5)20-7-6-19-17-13-24-30(37-24)22(35-16(3)31)9-8-21(32)27(30,4)18(17)10-11-29(19,20)26(34)38-28/h8-9,17-20,22-24H,6-7,10-13H2,1-5H3/t17?,18?,19?,20?,22?,23?,24-,27+,28-,29-,30-/m1/s1. The third-order valence-electron chi connectivity index (χ3n) is 12.1. The number of cyclic esters (lactones) is 2. The second kappa shape index (κ2) is 7.38. The highest BCUT2D eigenvalue weighted by Crippen LogP contribution is 2.75. The zero-order valence-corrected chi connectivity index (χ0v) is 22.7. The van der Waals surface area contributed by atoms with Crippen molar-refractivity contribution in [2.24, 2.45) is 34.5 Å². The van der Waals surface area contributed by atoms with E-state index in [0.717, 1.165) is 24.8 Å². The number of ketones is 1. The highest BCUT2D eigenvalue weighted by molar-refractivity contribution is 5.98. The lowest BCUT2D eigenvalue weighted by atomic mass is 9.44. The van der Waals surface area contributed by atoms with Crippen molar-refractivity contribution in [3.63, 3.8) is 0 Å². The van der Waals surface area contributed by atoms with Gasteiger partial charge < -0.3 is 18.9 Å². The maximum atomic E-state index is 13.9. The summed E-state index contributed by atoms with van der Waals surface area (Å²) in [4.78, 5) is 52.0. The van der Waals surface area contributed by atoms with Gasteiger partial charge in [0, 0.05) is 24.8 Å². The Morgan fingerprint density at radius 2 is 1.82 bits per heavy atom. The summed E-state index contributed by atoms with van der Waals surface area (Å²) in [6.07, 6.45) is 6.32. The molecule has 3 aliphatic heterocycles. The fourth-order valence-electron chi connectivity index (χ4n) is 10.2. The van der Waals surface area contributed by atoms with Crippen molar-refractivity contribution in [2.75, 3.05) is 0 Å². The predicted octanol–water partition coefficient (Wildman–Crippen LogP) is 3.61. The van der Waals surface area contributed by atoms with Gasteiger partial charge in [-0.05, 0) is 89.7 Å². The second-order valence-electron chi connectivity index (χ2n) is 13.3. The van der Waals surface area contributed by atoms with Gasteiger partial charge in [-0.3, -0.25) is 14.4 Å². The zero-order valence-electron chi connectivity index (χ0n) is 22.7. The molecule has 6 unspecified atom stereocenters. The summed E-state index contributed by atoms with van der Waals surface area (Å²) in [6, 6.07) is 0. The van der Waals surface area contributed by atoms with Crippen molar-refractivity contribution in [2.45, 2.75) is 103 Å². The maximum absolute atomic E-state index is 13.9. The molecule has 204 valence electrons. The van der Waals surface area contributed by atoms with Crippen LogP contribution < -0.4 is 0 Å². The molecule has 0 radical (unpaired) electrons. The molecule has 3 heterocycles. The minimum absolute atomic E-state index is 0.0196. The Morgan fingerprint density at radius 3 is 2.53 bits per heavy atom. The molecule has 0 aromatic carbocycles. The van der Waals surface area contributed by atoms with E-state index < -0.39 is 34.2 Å². The van der Waals surface area contributed by atoms with Gasteiger partial charge in [-0.25, -0.2) is 4.79 Å². The van der Waals surface area contributed by atoms with Crippen LogP contribution >= 0.6 is 0 Å². The van der Waals surface area contributed by atoms with E-state index in [2.05, 4.69) is 0 Å². The molecule has 8 heteroatoms. The van der Waals surface area contributed by atoms with Crippen LogP contribution in [-0.2, 0) is 38.1 Å². The number of fused-ring (bicyclic) bond motifs is 3. The number of epoxide rings is 1. The Morgan fingerprint density at radius 1 is 1.05 bits per heavy atom. The topological polar surface area (TPSA) is 109 Å². The normalized spacial score (nSPS) is 52.2. The van der Waals surface area contributed by atoms with Gasteiger partial charge in [0.2, 0.25) is 0 Å². The number of ether oxygens (including phenoxy) is 4. The molecule has 0 aromatic rings. The highest BCUT2D eigenvalue weighted by Gasteiger charge is 2.83. The molecular formula is C30H36O8. The average Bonchev–Trinajstić information content (AvgIpc) is 3.37. The zero-order chi connectivity index (χ0) is 27.0. The third-order valence-corrected chi connectivity index (χ3v) is 12.1. The third kappa shape index (κ3) is 2.61. The summed E-state index contributed by atoms with van der Waals surface area (Å²) in [5.74, 6) is -0.696. The number of rotatable bonds is 2. The minimum Gasteiger partial charge on any atom is -0.455 e. The molecule has 7 rings (SSSR count). The van der Waals surface area contributed by atoms with E-state index in [1.807, 2.05) is 20.8 Å². The molecule has 5 fully saturated rings. The largest absolute Gasteiger partial charge is 0.455 e. The second-order valence-corrected chi connectivity index (χ2v) is 13.3.